The van der Waals surface area contributed by atoms with E-state index in [0.29, 0.717) is 11.3 Å². The molecule has 8 heteroatoms. The molecule has 0 fully saturated rings. The number of nitro benzene ring substituents is 1. The maximum absolute atomic E-state index is 11.8. The Hall–Kier alpha value is -2.64. The zero-order valence-electron chi connectivity index (χ0n) is 12.0. The lowest BCUT2D eigenvalue weighted by atomic mass is 10.1. The molecule has 0 aromatic heterocycles. The van der Waals surface area contributed by atoms with Crippen molar-refractivity contribution < 1.29 is 19.2 Å². The molecule has 0 saturated heterocycles. The largest absolute Gasteiger partial charge is 0.469 e. The van der Waals surface area contributed by atoms with E-state index in [4.69, 9.17) is 0 Å². The molecule has 0 aliphatic carbocycles. The number of hydrogen-bond donors (Lipinski definition) is 2. The Balaban J connectivity index is 2.69. The van der Waals surface area contributed by atoms with E-state index in [2.05, 4.69) is 15.4 Å². The summed E-state index contributed by atoms with van der Waals surface area (Å²) in [6.45, 7) is 3.20. The first-order valence-electron chi connectivity index (χ1n) is 6.23. The minimum Gasteiger partial charge on any atom is -0.469 e. The van der Waals surface area contributed by atoms with Crippen LogP contribution in [0.3, 0.4) is 0 Å². The normalized spacial score (nSPS) is 11.4. The van der Waals surface area contributed by atoms with Gasteiger partial charge in [0.15, 0.2) is 0 Å². The number of benzene rings is 1. The van der Waals surface area contributed by atoms with Crippen molar-refractivity contribution in [3.63, 3.8) is 0 Å². The second kappa shape index (κ2) is 7.22. The van der Waals surface area contributed by atoms with Crippen LogP contribution >= 0.6 is 0 Å². The van der Waals surface area contributed by atoms with Gasteiger partial charge >= 0.3 is 12.0 Å². The summed E-state index contributed by atoms with van der Waals surface area (Å²) in [5.41, 5.74) is 0.626. The SMILES string of the molecule is COC(=O)C[C@@H](C)NC(=O)Nc1cccc([N+](=O)[O-])c1C. The van der Waals surface area contributed by atoms with E-state index in [1.807, 2.05) is 0 Å². The van der Waals surface area contributed by atoms with Crippen LogP contribution in [0.25, 0.3) is 0 Å². The van der Waals surface area contributed by atoms with Crippen LogP contribution in [0.4, 0.5) is 16.2 Å². The molecule has 0 radical (unpaired) electrons. The van der Waals surface area contributed by atoms with E-state index < -0.39 is 23.0 Å². The van der Waals surface area contributed by atoms with Crippen LogP contribution in [0, 0.1) is 17.0 Å². The number of nitrogens with one attached hydrogen (secondary N) is 2. The third kappa shape index (κ3) is 4.75. The molecule has 8 nitrogen and oxygen atoms in total. The van der Waals surface area contributed by atoms with Crippen molar-refractivity contribution in [3.8, 4) is 0 Å². The molecule has 0 spiro atoms. The van der Waals surface area contributed by atoms with E-state index >= 15 is 0 Å². The number of anilines is 1. The minimum absolute atomic E-state index is 0.0395. The van der Waals surface area contributed by atoms with E-state index in [-0.39, 0.29) is 12.1 Å². The standard InChI is InChI=1S/C13H17N3O5/c1-8(7-12(17)21-3)14-13(18)15-10-5-4-6-11(9(10)2)16(19)20/h4-6,8H,7H2,1-3H3,(H2,14,15,18)/t8-/m1/s1. The van der Waals surface area contributed by atoms with Gasteiger partial charge in [-0.05, 0) is 19.9 Å². The van der Waals surface area contributed by atoms with Gasteiger partial charge in [-0.2, -0.15) is 0 Å². The lowest BCUT2D eigenvalue weighted by Crippen LogP contribution is -2.37. The first kappa shape index (κ1) is 16.4. The molecule has 1 aromatic carbocycles. The molecule has 0 aliphatic heterocycles. The third-order valence-electron chi connectivity index (χ3n) is 2.83. The molecule has 2 N–H and O–H groups in total. The number of nitrogens with zero attached hydrogens (tertiary/aromatic N) is 1. The van der Waals surface area contributed by atoms with Gasteiger partial charge in [-0.15, -0.1) is 0 Å². The highest BCUT2D eigenvalue weighted by molar-refractivity contribution is 5.91. The van der Waals surface area contributed by atoms with Crippen molar-refractivity contribution in [3.05, 3.63) is 33.9 Å². The zero-order chi connectivity index (χ0) is 16.0. The molecule has 0 unspecified atom stereocenters. The molecule has 2 amide bonds. The van der Waals surface area contributed by atoms with Crippen LogP contribution in [-0.4, -0.2) is 30.1 Å². The van der Waals surface area contributed by atoms with Crippen LogP contribution in [-0.2, 0) is 9.53 Å². The van der Waals surface area contributed by atoms with Crippen LogP contribution < -0.4 is 10.6 Å². The molecule has 0 heterocycles. The van der Waals surface area contributed by atoms with Gasteiger partial charge in [0, 0.05) is 12.1 Å². The molecule has 1 atom stereocenters. The Morgan fingerprint density at radius 2 is 2.10 bits per heavy atom. The van der Waals surface area contributed by atoms with Crippen LogP contribution in [0.1, 0.15) is 18.9 Å². The highest BCUT2D eigenvalue weighted by atomic mass is 16.6. The van der Waals surface area contributed by atoms with E-state index in [0.717, 1.165) is 0 Å². The third-order valence-corrected chi connectivity index (χ3v) is 2.83. The lowest BCUT2D eigenvalue weighted by Gasteiger charge is -2.14. The fraction of sp³-hybridized carbons (Fsp3) is 0.385. The fourth-order valence-electron chi connectivity index (χ4n) is 1.72. The molecule has 0 saturated carbocycles. The van der Waals surface area contributed by atoms with E-state index in [9.17, 15) is 19.7 Å². The van der Waals surface area contributed by atoms with Crippen molar-refractivity contribution >= 4 is 23.4 Å². The number of amides is 2. The number of urea groups is 1. The average Bonchev–Trinajstić information content (AvgIpc) is 2.40. The van der Waals surface area contributed by atoms with Crippen LogP contribution in [0.5, 0.6) is 0 Å². The average molecular weight is 295 g/mol. The van der Waals surface area contributed by atoms with Gasteiger partial charge in [0.2, 0.25) is 0 Å². The first-order chi connectivity index (χ1) is 9.85. The Morgan fingerprint density at radius 1 is 1.43 bits per heavy atom. The number of methoxy groups -OCH3 is 1. The van der Waals surface area contributed by atoms with Gasteiger partial charge in [-0.25, -0.2) is 4.79 Å². The van der Waals surface area contributed by atoms with E-state index in [1.165, 1.54) is 19.2 Å². The summed E-state index contributed by atoms with van der Waals surface area (Å²) < 4.78 is 4.50. The van der Waals surface area contributed by atoms with Crippen molar-refractivity contribution in [1.29, 1.82) is 0 Å². The van der Waals surface area contributed by atoms with Gasteiger partial charge in [-0.3, -0.25) is 14.9 Å². The van der Waals surface area contributed by atoms with Gasteiger partial charge in [-0.1, -0.05) is 6.07 Å². The predicted octanol–water partition coefficient (Wildman–Crippen LogP) is 1.98. The van der Waals surface area contributed by atoms with Crippen molar-refractivity contribution in [2.45, 2.75) is 26.3 Å². The fourth-order valence-corrected chi connectivity index (χ4v) is 1.72. The Bertz CT molecular complexity index is 559. The number of rotatable bonds is 5. The van der Waals surface area contributed by atoms with Crippen LogP contribution in [0.15, 0.2) is 18.2 Å². The van der Waals surface area contributed by atoms with Gasteiger partial charge in [0.05, 0.1) is 29.7 Å². The zero-order valence-corrected chi connectivity index (χ0v) is 12.0. The number of esters is 1. The van der Waals surface area contributed by atoms with Crippen LogP contribution in [0.2, 0.25) is 0 Å². The Labute approximate surface area is 121 Å². The summed E-state index contributed by atoms with van der Waals surface area (Å²) in [6.07, 6.45) is 0.0395. The first-order valence-corrected chi connectivity index (χ1v) is 6.23. The quantitative estimate of drug-likeness (QED) is 0.490. The summed E-state index contributed by atoms with van der Waals surface area (Å²) >= 11 is 0. The monoisotopic (exact) mass is 295 g/mol. The molecule has 1 rings (SSSR count). The number of carbonyl (C=O) groups excluding carboxylic acids is 2. The number of ether oxygens (including phenoxy) is 1. The maximum Gasteiger partial charge on any atom is 0.319 e. The number of carbonyl (C=O) groups is 2. The summed E-state index contributed by atoms with van der Waals surface area (Å²) in [6, 6.07) is 3.44. The highest BCUT2D eigenvalue weighted by Gasteiger charge is 2.16. The maximum atomic E-state index is 11.8. The minimum atomic E-state index is -0.546. The van der Waals surface area contributed by atoms with Crippen molar-refractivity contribution in [1.82, 2.24) is 5.32 Å². The number of hydrogen-bond acceptors (Lipinski definition) is 5. The smallest absolute Gasteiger partial charge is 0.319 e. The molecule has 0 bridgehead atoms. The summed E-state index contributed by atoms with van der Waals surface area (Å²) in [5.74, 6) is -0.436. The number of nitro groups is 1. The molecule has 0 aliphatic rings. The van der Waals surface area contributed by atoms with Crippen molar-refractivity contribution in [2.75, 3.05) is 12.4 Å². The van der Waals surface area contributed by atoms with Gasteiger partial charge in [0.1, 0.15) is 0 Å². The summed E-state index contributed by atoms with van der Waals surface area (Å²) in [5, 5.41) is 15.9. The van der Waals surface area contributed by atoms with E-state index in [1.54, 1.807) is 19.9 Å². The molecule has 1 aromatic rings. The molecular formula is C13H17N3O5. The molecular weight excluding hydrogens is 278 g/mol. The molecule has 21 heavy (non-hydrogen) atoms. The topological polar surface area (TPSA) is 111 Å². The second-order valence-corrected chi connectivity index (χ2v) is 4.49. The predicted molar refractivity (Wildman–Crippen MR) is 76.1 cm³/mol. The molecule has 114 valence electrons. The Morgan fingerprint density at radius 3 is 2.67 bits per heavy atom. The summed E-state index contributed by atoms with van der Waals surface area (Å²) in [4.78, 5) is 33.2. The van der Waals surface area contributed by atoms with Crippen molar-refractivity contribution in [2.24, 2.45) is 0 Å². The summed E-state index contributed by atoms with van der Waals surface area (Å²) in [7, 11) is 1.27. The second-order valence-electron chi connectivity index (χ2n) is 4.49. The van der Waals surface area contributed by atoms with Gasteiger partial charge < -0.3 is 15.4 Å². The lowest BCUT2D eigenvalue weighted by molar-refractivity contribution is -0.385. The van der Waals surface area contributed by atoms with Gasteiger partial charge in [0.25, 0.3) is 5.69 Å². The highest BCUT2D eigenvalue weighted by Crippen LogP contribution is 2.24. The Kier molecular flexibility index (Phi) is 5.65.